The number of halogens is 1. The zero-order valence-electron chi connectivity index (χ0n) is 11.3. The molecule has 20 heavy (non-hydrogen) atoms. The summed E-state index contributed by atoms with van der Waals surface area (Å²) in [5.74, 6) is -0.870. The Hall–Kier alpha value is -2.28. The standard InChI is InChI=1S/C13H15FN4O2/c1-18(2)7-6-15-11(19)13-17-16-12(20-13)9-4-3-5-10(14)8-9/h3-5,8H,6-7H2,1-2H3,(H,15,19). The molecule has 7 heteroatoms. The Kier molecular flexibility index (Phi) is 4.41. The molecule has 0 aliphatic heterocycles. The highest BCUT2D eigenvalue weighted by molar-refractivity contribution is 5.89. The van der Waals surface area contributed by atoms with E-state index in [1.165, 1.54) is 18.2 Å². The molecule has 2 rings (SSSR count). The Morgan fingerprint density at radius 2 is 2.20 bits per heavy atom. The molecule has 0 atom stereocenters. The summed E-state index contributed by atoms with van der Waals surface area (Å²) in [7, 11) is 3.81. The van der Waals surface area contributed by atoms with Gasteiger partial charge in [-0.25, -0.2) is 4.39 Å². The Morgan fingerprint density at radius 3 is 2.90 bits per heavy atom. The molecule has 1 N–H and O–H groups in total. The van der Waals surface area contributed by atoms with Crippen LogP contribution in [0.2, 0.25) is 0 Å². The minimum atomic E-state index is -0.443. The second-order valence-corrected chi connectivity index (χ2v) is 4.48. The maximum atomic E-state index is 13.1. The van der Waals surface area contributed by atoms with Crippen molar-refractivity contribution in [3.8, 4) is 11.5 Å². The second kappa shape index (κ2) is 6.25. The summed E-state index contributed by atoms with van der Waals surface area (Å²) in [4.78, 5) is 13.7. The van der Waals surface area contributed by atoms with Gasteiger partial charge in [0.2, 0.25) is 5.89 Å². The zero-order chi connectivity index (χ0) is 14.5. The van der Waals surface area contributed by atoms with Crippen molar-refractivity contribution in [3.05, 3.63) is 36.0 Å². The van der Waals surface area contributed by atoms with Crippen molar-refractivity contribution in [2.75, 3.05) is 27.2 Å². The number of hydrogen-bond donors (Lipinski definition) is 1. The summed E-state index contributed by atoms with van der Waals surface area (Å²) in [6, 6.07) is 5.74. The minimum absolute atomic E-state index is 0.113. The van der Waals surface area contributed by atoms with Crippen LogP contribution in [0.15, 0.2) is 28.7 Å². The van der Waals surface area contributed by atoms with Crippen LogP contribution in [0.25, 0.3) is 11.5 Å². The molecule has 0 aliphatic carbocycles. The van der Waals surface area contributed by atoms with E-state index in [0.29, 0.717) is 18.7 Å². The Bertz CT molecular complexity index is 598. The molecule has 0 fully saturated rings. The molecule has 1 aromatic heterocycles. The van der Waals surface area contributed by atoms with E-state index < -0.39 is 11.7 Å². The van der Waals surface area contributed by atoms with Crippen molar-refractivity contribution >= 4 is 5.91 Å². The summed E-state index contributed by atoms with van der Waals surface area (Å²) < 4.78 is 18.3. The van der Waals surface area contributed by atoms with E-state index in [-0.39, 0.29) is 11.8 Å². The highest BCUT2D eigenvalue weighted by Gasteiger charge is 2.15. The number of nitrogens with one attached hydrogen (secondary N) is 1. The lowest BCUT2D eigenvalue weighted by Crippen LogP contribution is -2.31. The van der Waals surface area contributed by atoms with Crippen molar-refractivity contribution in [3.63, 3.8) is 0 Å². The van der Waals surface area contributed by atoms with Gasteiger partial charge in [-0.15, -0.1) is 10.2 Å². The van der Waals surface area contributed by atoms with Crippen LogP contribution in [0.3, 0.4) is 0 Å². The molecular formula is C13H15FN4O2. The highest BCUT2D eigenvalue weighted by Crippen LogP contribution is 2.18. The third-order valence-corrected chi connectivity index (χ3v) is 2.54. The van der Waals surface area contributed by atoms with E-state index in [1.54, 1.807) is 6.07 Å². The first kappa shape index (κ1) is 14.1. The van der Waals surface area contributed by atoms with Crippen LogP contribution in [0.4, 0.5) is 4.39 Å². The van der Waals surface area contributed by atoms with Gasteiger partial charge in [-0.3, -0.25) is 4.79 Å². The van der Waals surface area contributed by atoms with Crippen molar-refractivity contribution in [1.82, 2.24) is 20.4 Å². The van der Waals surface area contributed by atoms with Crippen molar-refractivity contribution in [2.24, 2.45) is 0 Å². The van der Waals surface area contributed by atoms with Crippen molar-refractivity contribution in [1.29, 1.82) is 0 Å². The van der Waals surface area contributed by atoms with Crippen LogP contribution in [0.5, 0.6) is 0 Å². The van der Waals surface area contributed by atoms with Crippen molar-refractivity contribution in [2.45, 2.75) is 0 Å². The highest BCUT2D eigenvalue weighted by atomic mass is 19.1. The molecule has 1 heterocycles. The molecule has 0 saturated carbocycles. The molecule has 6 nitrogen and oxygen atoms in total. The Labute approximate surface area is 115 Å². The zero-order valence-corrected chi connectivity index (χ0v) is 11.3. The van der Waals surface area contributed by atoms with Gasteiger partial charge in [0.1, 0.15) is 5.82 Å². The van der Waals surface area contributed by atoms with Gasteiger partial charge in [0.05, 0.1) is 0 Å². The average molecular weight is 278 g/mol. The lowest BCUT2D eigenvalue weighted by molar-refractivity contribution is 0.0917. The van der Waals surface area contributed by atoms with Crippen LogP contribution in [-0.4, -0.2) is 48.2 Å². The number of rotatable bonds is 5. The lowest BCUT2D eigenvalue weighted by Gasteiger charge is -2.08. The summed E-state index contributed by atoms with van der Waals surface area (Å²) >= 11 is 0. The monoisotopic (exact) mass is 278 g/mol. The van der Waals surface area contributed by atoms with Gasteiger partial charge >= 0.3 is 11.8 Å². The lowest BCUT2D eigenvalue weighted by atomic mass is 10.2. The number of nitrogens with zero attached hydrogens (tertiary/aromatic N) is 3. The number of carbonyl (C=O) groups excluding carboxylic acids is 1. The Balaban J connectivity index is 2.03. The molecule has 0 unspecified atom stereocenters. The number of hydrogen-bond acceptors (Lipinski definition) is 5. The van der Waals surface area contributed by atoms with Crippen LogP contribution in [0, 0.1) is 5.82 Å². The quantitative estimate of drug-likeness (QED) is 0.889. The molecule has 1 amide bonds. The predicted octanol–water partition coefficient (Wildman–Crippen LogP) is 1.17. The summed E-state index contributed by atoms with van der Waals surface area (Å²) in [5.41, 5.74) is 0.435. The number of likely N-dealkylation sites (N-methyl/N-ethyl adjacent to an activating group) is 1. The minimum Gasteiger partial charge on any atom is -0.412 e. The van der Waals surface area contributed by atoms with Gasteiger partial charge in [0, 0.05) is 18.7 Å². The number of amides is 1. The van der Waals surface area contributed by atoms with Crippen LogP contribution in [0.1, 0.15) is 10.7 Å². The predicted molar refractivity (Wildman–Crippen MR) is 70.6 cm³/mol. The first-order valence-electron chi connectivity index (χ1n) is 6.08. The van der Waals surface area contributed by atoms with Gasteiger partial charge in [0.15, 0.2) is 0 Å². The van der Waals surface area contributed by atoms with Crippen LogP contribution in [-0.2, 0) is 0 Å². The van der Waals surface area contributed by atoms with E-state index in [1.807, 2.05) is 19.0 Å². The smallest absolute Gasteiger partial charge is 0.308 e. The largest absolute Gasteiger partial charge is 0.412 e. The maximum absolute atomic E-state index is 13.1. The first-order chi connectivity index (χ1) is 9.56. The topological polar surface area (TPSA) is 71.3 Å². The molecule has 2 aromatic rings. The Morgan fingerprint density at radius 1 is 1.40 bits per heavy atom. The van der Waals surface area contributed by atoms with E-state index in [4.69, 9.17) is 4.42 Å². The van der Waals surface area contributed by atoms with Gasteiger partial charge in [0.25, 0.3) is 0 Å². The van der Waals surface area contributed by atoms with Gasteiger partial charge in [-0.05, 0) is 32.3 Å². The van der Waals surface area contributed by atoms with Crippen LogP contribution < -0.4 is 5.32 Å². The van der Waals surface area contributed by atoms with E-state index in [2.05, 4.69) is 15.5 Å². The summed E-state index contributed by atoms with van der Waals surface area (Å²) in [5, 5.41) is 10.0. The van der Waals surface area contributed by atoms with Gasteiger partial charge in [-0.1, -0.05) is 6.07 Å². The number of benzene rings is 1. The van der Waals surface area contributed by atoms with Gasteiger partial charge in [-0.2, -0.15) is 0 Å². The maximum Gasteiger partial charge on any atom is 0.308 e. The second-order valence-electron chi connectivity index (χ2n) is 4.48. The fraction of sp³-hybridized carbons (Fsp3) is 0.308. The van der Waals surface area contributed by atoms with Crippen LogP contribution >= 0.6 is 0 Å². The number of carbonyl (C=O) groups is 1. The molecule has 106 valence electrons. The normalized spacial score (nSPS) is 10.8. The molecule has 0 spiro atoms. The van der Waals surface area contributed by atoms with E-state index in [0.717, 1.165) is 0 Å². The molecule has 1 aromatic carbocycles. The van der Waals surface area contributed by atoms with Gasteiger partial charge < -0.3 is 14.6 Å². The van der Waals surface area contributed by atoms with E-state index >= 15 is 0 Å². The van der Waals surface area contributed by atoms with Crippen molar-refractivity contribution < 1.29 is 13.6 Å². The third-order valence-electron chi connectivity index (χ3n) is 2.54. The SMILES string of the molecule is CN(C)CCNC(=O)c1nnc(-c2cccc(F)c2)o1. The van der Waals surface area contributed by atoms with E-state index in [9.17, 15) is 9.18 Å². The summed E-state index contributed by atoms with van der Waals surface area (Å²) in [6.45, 7) is 1.18. The first-order valence-corrected chi connectivity index (χ1v) is 6.08. The third kappa shape index (κ3) is 3.61. The fourth-order valence-corrected chi connectivity index (χ4v) is 1.52. The molecule has 0 aliphatic rings. The molecule has 0 bridgehead atoms. The molecule has 0 radical (unpaired) electrons. The number of aromatic nitrogens is 2. The average Bonchev–Trinajstić information content (AvgIpc) is 2.87. The summed E-state index contributed by atoms with van der Waals surface area (Å²) in [6.07, 6.45) is 0. The molecular weight excluding hydrogens is 263 g/mol. The molecule has 0 saturated heterocycles. The fourth-order valence-electron chi connectivity index (χ4n) is 1.52.